The molecule has 0 aromatic heterocycles. The van der Waals surface area contributed by atoms with Gasteiger partial charge in [-0.05, 0) is 45.1 Å². The van der Waals surface area contributed by atoms with Crippen molar-refractivity contribution >= 4 is 18.9 Å². The third kappa shape index (κ3) is 2.47. The molecule has 0 unspecified atom stereocenters. The zero-order valence-electron chi connectivity index (χ0n) is 12.3. The smallest absolute Gasteiger partial charge is 0.399 e. The molecule has 1 fully saturated rings. The molecule has 0 radical (unpaired) electrons. The summed E-state index contributed by atoms with van der Waals surface area (Å²) >= 11 is 0. The van der Waals surface area contributed by atoms with Crippen LogP contribution in [0.15, 0.2) is 18.2 Å². The van der Waals surface area contributed by atoms with Gasteiger partial charge in [0.05, 0.1) is 11.2 Å². The standard InChI is InChI=1S/C15H21BO3/c1-6-11-7-8-13(9-12(11)10-17)16-18-14(2,3)15(4,5)19-16/h7-10H,6H2,1-5H3. The van der Waals surface area contributed by atoms with Crippen LogP contribution in [0.3, 0.4) is 0 Å². The molecule has 0 aliphatic carbocycles. The Morgan fingerprint density at radius 2 is 1.74 bits per heavy atom. The minimum atomic E-state index is -0.408. The van der Waals surface area contributed by atoms with Crippen molar-refractivity contribution in [1.82, 2.24) is 0 Å². The molecule has 1 heterocycles. The minimum Gasteiger partial charge on any atom is -0.399 e. The molecule has 1 aromatic rings. The summed E-state index contributed by atoms with van der Waals surface area (Å²) in [5.74, 6) is 0. The number of hydrogen-bond acceptors (Lipinski definition) is 3. The average molecular weight is 260 g/mol. The first-order chi connectivity index (χ1) is 8.80. The maximum absolute atomic E-state index is 11.1. The summed E-state index contributed by atoms with van der Waals surface area (Å²) in [5.41, 5.74) is 1.95. The number of carbonyl (C=O) groups excluding carboxylic acids is 1. The number of aldehydes is 1. The Morgan fingerprint density at radius 3 is 2.21 bits per heavy atom. The third-order valence-electron chi connectivity index (χ3n) is 4.20. The van der Waals surface area contributed by atoms with Gasteiger partial charge in [0.2, 0.25) is 0 Å². The molecule has 2 rings (SSSR count). The maximum atomic E-state index is 11.1. The van der Waals surface area contributed by atoms with Gasteiger partial charge in [0.15, 0.2) is 0 Å². The van der Waals surface area contributed by atoms with Crippen LogP contribution in [0.1, 0.15) is 50.5 Å². The monoisotopic (exact) mass is 260 g/mol. The minimum absolute atomic E-state index is 0.359. The summed E-state index contributed by atoms with van der Waals surface area (Å²) in [5, 5.41) is 0. The Hall–Kier alpha value is -1.13. The van der Waals surface area contributed by atoms with Crippen molar-refractivity contribution in [3.63, 3.8) is 0 Å². The molecule has 0 amide bonds. The first-order valence-corrected chi connectivity index (χ1v) is 6.74. The molecule has 19 heavy (non-hydrogen) atoms. The van der Waals surface area contributed by atoms with Crippen molar-refractivity contribution in [3.8, 4) is 0 Å². The maximum Gasteiger partial charge on any atom is 0.494 e. The van der Waals surface area contributed by atoms with Gasteiger partial charge >= 0.3 is 7.12 Å². The van der Waals surface area contributed by atoms with E-state index in [1.54, 1.807) is 0 Å². The summed E-state index contributed by atoms with van der Waals surface area (Å²) in [6, 6.07) is 5.83. The zero-order chi connectivity index (χ0) is 14.3. The van der Waals surface area contributed by atoms with Crippen LogP contribution in [0.5, 0.6) is 0 Å². The molecule has 102 valence electrons. The van der Waals surface area contributed by atoms with Crippen LogP contribution < -0.4 is 5.46 Å². The third-order valence-corrected chi connectivity index (χ3v) is 4.20. The van der Waals surface area contributed by atoms with Crippen LogP contribution in [0, 0.1) is 0 Å². The van der Waals surface area contributed by atoms with Crippen LogP contribution >= 0.6 is 0 Å². The van der Waals surface area contributed by atoms with Gasteiger partial charge in [-0.2, -0.15) is 0 Å². The lowest BCUT2D eigenvalue weighted by molar-refractivity contribution is 0.00578. The van der Waals surface area contributed by atoms with Crippen molar-refractivity contribution in [3.05, 3.63) is 29.3 Å². The highest BCUT2D eigenvalue weighted by Crippen LogP contribution is 2.36. The second-order valence-electron chi connectivity index (χ2n) is 6.02. The molecule has 0 atom stereocenters. The van der Waals surface area contributed by atoms with E-state index < -0.39 is 7.12 Å². The van der Waals surface area contributed by atoms with Gasteiger partial charge in [-0.25, -0.2) is 0 Å². The van der Waals surface area contributed by atoms with Crippen LogP contribution in [0.25, 0.3) is 0 Å². The molecule has 1 aromatic carbocycles. The fourth-order valence-corrected chi connectivity index (χ4v) is 2.17. The Kier molecular flexibility index (Phi) is 3.58. The molecule has 1 saturated heterocycles. The molecule has 0 spiro atoms. The molecule has 0 bridgehead atoms. The topological polar surface area (TPSA) is 35.5 Å². The molecule has 1 aliphatic heterocycles. The van der Waals surface area contributed by atoms with E-state index in [0.717, 1.165) is 29.3 Å². The van der Waals surface area contributed by atoms with Crippen molar-refractivity contribution in [1.29, 1.82) is 0 Å². The van der Waals surface area contributed by atoms with E-state index in [-0.39, 0.29) is 11.2 Å². The summed E-state index contributed by atoms with van der Waals surface area (Å²) in [6.07, 6.45) is 1.74. The molecular weight excluding hydrogens is 239 g/mol. The van der Waals surface area contributed by atoms with Gasteiger partial charge < -0.3 is 9.31 Å². The number of hydrogen-bond donors (Lipinski definition) is 0. The SMILES string of the molecule is CCc1ccc(B2OC(C)(C)C(C)(C)O2)cc1C=O. The van der Waals surface area contributed by atoms with Crippen molar-refractivity contribution in [2.24, 2.45) is 0 Å². The van der Waals surface area contributed by atoms with Gasteiger partial charge in [0.25, 0.3) is 0 Å². The van der Waals surface area contributed by atoms with Crippen molar-refractivity contribution < 1.29 is 14.1 Å². The highest BCUT2D eigenvalue weighted by Gasteiger charge is 2.51. The molecule has 0 N–H and O–H groups in total. The highest BCUT2D eigenvalue weighted by molar-refractivity contribution is 6.62. The van der Waals surface area contributed by atoms with E-state index in [1.807, 2.05) is 52.8 Å². The summed E-state index contributed by atoms with van der Waals surface area (Å²) < 4.78 is 12.0. The second kappa shape index (κ2) is 4.76. The predicted molar refractivity (Wildman–Crippen MR) is 76.9 cm³/mol. The van der Waals surface area contributed by atoms with Gasteiger partial charge in [-0.3, -0.25) is 4.79 Å². The van der Waals surface area contributed by atoms with E-state index >= 15 is 0 Å². The summed E-state index contributed by atoms with van der Waals surface area (Å²) in [7, 11) is -0.408. The Morgan fingerprint density at radius 1 is 1.16 bits per heavy atom. The fraction of sp³-hybridized carbons (Fsp3) is 0.533. The molecular formula is C15H21BO3. The zero-order valence-corrected chi connectivity index (χ0v) is 12.3. The first kappa shape index (κ1) is 14.3. The van der Waals surface area contributed by atoms with Gasteiger partial charge in [-0.15, -0.1) is 0 Å². The van der Waals surface area contributed by atoms with E-state index in [1.165, 1.54) is 0 Å². The molecule has 4 heteroatoms. The Bertz CT molecular complexity index is 478. The van der Waals surface area contributed by atoms with Crippen LogP contribution in [0.4, 0.5) is 0 Å². The van der Waals surface area contributed by atoms with E-state index in [4.69, 9.17) is 9.31 Å². The number of aryl methyl sites for hydroxylation is 1. The Balaban J connectivity index is 2.32. The number of carbonyl (C=O) groups is 1. The van der Waals surface area contributed by atoms with Gasteiger partial charge in [-0.1, -0.05) is 25.1 Å². The van der Waals surface area contributed by atoms with E-state index in [9.17, 15) is 4.79 Å². The average Bonchev–Trinajstić information content (AvgIpc) is 2.57. The summed E-state index contributed by atoms with van der Waals surface area (Å²) in [4.78, 5) is 11.1. The lowest BCUT2D eigenvalue weighted by Gasteiger charge is -2.32. The van der Waals surface area contributed by atoms with Crippen LogP contribution in [-0.2, 0) is 15.7 Å². The van der Waals surface area contributed by atoms with E-state index in [2.05, 4.69) is 0 Å². The largest absolute Gasteiger partial charge is 0.494 e. The summed E-state index contributed by atoms with van der Waals surface area (Å²) in [6.45, 7) is 10.1. The molecule has 0 saturated carbocycles. The van der Waals surface area contributed by atoms with Crippen molar-refractivity contribution in [2.75, 3.05) is 0 Å². The Labute approximate surface area is 115 Å². The molecule has 1 aliphatic rings. The lowest BCUT2D eigenvalue weighted by atomic mass is 9.77. The number of benzene rings is 1. The number of rotatable bonds is 3. The van der Waals surface area contributed by atoms with Gasteiger partial charge in [0.1, 0.15) is 6.29 Å². The normalized spacial score (nSPS) is 20.6. The first-order valence-electron chi connectivity index (χ1n) is 6.74. The van der Waals surface area contributed by atoms with E-state index in [0.29, 0.717) is 0 Å². The van der Waals surface area contributed by atoms with Crippen molar-refractivity contribution in [2.45, 2.75) is 52.2 Å². The fourth-order valence-electron chi connectivity index (χ4n) is 2.17. The highest BCUT2D eigenvalue weighted by atomic mass is 16.7. The van der Waals surface area contributed by atoms with Crippen LogP contribution in [-0.4, -0.2) is 24.6 Å². The molecule has 3 nitrogen and oxygen atoms in total. The lowest BCUT2D eigenvalue weighted by Crippen LogP contribution is -2.41. The van der Waals surface area contributed by atoms with Crippen LogP contribution in [0.2, 0.25) is 0 Å². The second-order valence-corrected chi connectivity index (χ2v) is 6.02. The predicted octanol–water partition coefficient (Wildman–Crippen LogP) is 2.36. The van der Waals surface area contributed by atoms with Gasteiger partial charge in [0, 0.05) is 5.56 Å². The quantitative estimate of drug-likeness (QED) is 0.618.